The van der Waals surface area contributed by atoms with E-state index < -0.39 is 0 Å². The molecule has 0 radical (unpaired) electrons. The molecule has 0 atom stereocenters. The number of rotatable bonds is 2. The highest BCUT2D eigenvalue weighted by molar-refractivity contribution is 5.62. The molecule has 1 aliphatic rings. The van der Waals surface area contributed by atoms with Crippen molar-refractivity contribution in [2.24, 2.45) is 5.92 Å². The van der Waals surface area contributed by atoms with E-state index in [0.29, 0.717) is 11.9 Å². The average molecular weight is 208 g/mol. The van der Waals surface area contributed by atoms with Crippen LogP contribution in [-0.2, 0) is 0 Å². The van der Waals surface area contributed by atoms with Gasteiger partial charge in [0.15, 0.2) is 0 Å². The molecular formula is C11H20N4. The lowest BCUT2D eigenvalue weighted by atomic mass is 9.86. The summed E-state index contributed by atoms with van der Waals surface area (Å²) in [5.74, 6) is 1.56. The van der Waals surface area contributed by atoms with Crippen molar-refractivity contribution in [3.63, 3.8) is 0 Å². The number of aromatic amines is 1. The first-order valence-corrected chi connectivity index (χ1v) is 5.70. The van der Waals surface area contributed by atoms with Gasteiger partial charge in [-0.2, -0.15) is 5.10 Å². The van der Waals surface area contributed by atoms with Gasteiger partial charge in [-0.25, -0.2) is 0 Å². The first-order chi connectivity index (χ1) is 7.18. The molecule has 0 bridgehead atoms. The molecule has 1 saturated carbocycles. The number of aromatic nitrogens is 2. The van der Waals surface area contributed by atoms with E-state index in [4.69, 9.17) is 5.73 Å². The first-order valence-electron chi connectivity index (χ1n) is 5.70. The first kappa shape index (κ1) is 10.3. The Morgan fingerprint density at radius 2 is 2.07 bits per heavy atom. The zero-order chi connectivity index (χ0) is 10.8. The Labute approximate surface area is 90.8 Å². The monoisotopic (exact) mass is 208 g/mol. The summed E-state index contributed by atoms with van der Waals surface area (Å²) in [6.07, 6.45) is 7.00. The minimum absolute atomic E-state index is 0.626. The van der Waals surface area contributed by atoms with E-state index in [0.717, 1.165) is 11.6 Å². The minimum atomic E-state index is 0.626. The summed E-state index contributed by atoms with van der Waals surface area (Å²) in [5, 5.41) is 6.74. The van der Waals surface area contributed by atoms with E-state index in [-0.39, 0.29) is 0 Å². The maximum Gasteiger partial charge on any atom is 0.142 e. The molecule has 0 saturated heterocycles. The topological polar surface area (TPSA) is 57.9 Å². The second-order valence-corrected chi connectivity index (χ2v) is 4.69. The lowest BCUT2D eigenvalue weighted by molar-refractivity contribution is 0.341. The van der Waals surface area contributed by atoms with Crippen molar-refractivity contribution < 1.29 is 0 Å². The predicted molar refractivity (Wildman–Crippen MR) is 62.8 cm³/mol. The molecule has 0 spiro atoms. The Morgan fingerprint density at radius 3 is 2.60 bits per heavy atom. The number of anilines is 2. The van der Waals surface area contributed by atoms with Gasteiger partial charge in [-0.1, -0.05) is 6.92 Å². The van der Waals surface area contributed by atoms with Crippen LogP contribution >= 0.6 is 0 Å². The molecule has 0 unspecified atom stereocenters. The van der Waals surface area contributed by atoms with Crippen LogP contribution in [0.25, 0.3) is 0 Å². The third-order valence-electron chi connectivity index (χ3n) is 3.56. The highest BCUT2D eigenvalue weighted by Gasteiger charge is 2.23. The van der Waals surface area contributed by atoms with Gasteiger partial charge in [-0.05, 0) is 31.6 Å². The summed E-state index contributed by atoms with van der Waals surface area (Å²) in [7, 11) is 2.11. The smallest absolute Gasteiger partial charge is 0.142 e. The average Bonchev–Trinajstić information content (AvgIpc) is 2.65. The van der Waals surface area contributed by atoms with Crippen molar-refractivity contribution in [1.82, 2.24) is 10.2 Å². The summed E-state index contributed by atoms with van der Waals surface area (Å²) in [4.78, 5) is 2.27. The van der Waals surface area contributed by atoms with Crippen molar-refractivity contribution >= 4 is 11.5 Å². The van der Waals surface area contributed by atoms with Crippen LogP contribution in [0.1, 0.15) is 32.6 Å². The molecule has 1 aromatic heterocycles. The largest absolute Gasteiger partial charge is 0.382 e. The minimum Gasteiger partial charge on any atom is -0.382 e. The van der Waals surface area contributed by atoms with Crippen LogP contribution in [-0.4, -0.2) is 23.3 Å². The fourth-order valence-electron chi connectivity index (χ4n) is 2.40. The maximum atomic E-state index is 5.82. The van der Waals surface area contributed by atoms with Crippen molar-refractivity contribution in [2.75, 3.05) is 17.7 Å². The van der Waals surface area contributed by atoms with Gasteiger partial charge >= 0.3 is 0 Å². The van der Waals surface area contributed by atoms with E-state index in [1.54, 1.807) is 0 Å². The Hall–Kier alpha value is -1.19. The van der Waals surface area contributed by atoms with Gasteiger partial charge in [0.05, 0.1) is 11.9 Å². The van der Waals surface area contributed by atoms with Gasteiger partial charge < -0.3 is 10.6 Å². The van der Waals surface area contributed by atoms with Crippen LogP contribution in [0.15, 0.2) is 6.20 Å². The lowest BCUT2D eigenvalue weighted by Gasteiger charge is -2.34. The molecule has 0 aromatic carbocycles. The maximum absolute atomic E-state index is 5.82. The molecule has 0 amide bonds. The second kappa shape index (κ2) is 4.13. The van der Waals surface area contributed by atoms with E-state index in [9.17, 15) is 0 Å². The van der Waals surface area contributed by atoms with Gasteiger partial charge in [-0.3, -0.25) is 5.10 Å². The number of hydrogen-bond acceptors (Lipinski definition) is 3. The fraction of sp³-hybridized carbons (Fsp3) is 0.727. The quantitative estimate of drug-likeness (QED) is 0.781. The zero-order valence-electron chi connectivity index (χ0n) is 9.53. The van der Waals surface area contributed by atoms with Crippen LogP contribution in [0.2, 0.25) is 0 Å². The van der Waals surface area contributed by atoms with Crippen LogP contribution in [0, 0.1) is 5.92 Å². The molecule has 4 nitrogen and oxygen atoms in total. The molecule has 1 heterocycles. The van der Waals surface area contributed by atoms with E-state index in [1.807, 2.05) is 6.20 Å². The van der Waals surface area contributed by atoms with Crippen LogP contribution in [0.4, 0.5) is 11.5 Å². The molecule has 15 heavy (non-hydrogen) atoms. The van der Waals surface area contributed by atoms with Gasteiger partial charge in [-0.15, -0.1) is 0 Å². The van der Waals surface area contributed by atoms with Crippen LogP contribution in [0.3, 0.4) is 0 Å². The van der Waals surface area contributed by atoms with E-state index >= 15 is 0 Å². The molecule has 84 valence electrons. The van der Waals surface area contributed by atoms with E-state index in [1.165, 1.54) is 25.7 Å². The standard InChI is InChI=1S/C11H20N4/c1-8-3-5-9(6-4-8)15(2)10-7-13-14-11(10)12/h7-9H,3-6H2,1-2H3,(H3,12,13,14). The SMILES string of the molecule is CC1CCC(N(C)c2cn[nH]c2N)CC1. The van der Waals surface area contributed by atoms with E-state index in [2.05, 4.69) is 29.1 Å². The van der Waals surface area contributed by atoms with Crippen LogP contribution in [0.5, 0.6) is 0 Å². The molecular weight excluding hydrogens is 188 g/mol. The Bertz CT molecular complexity index is 312. The number of nitrogen functional groups attached to an aromatic ring is 1. The molecule has 0 aliphatic heterocycles. The Balaban J connectivity index is 2.02. The number of hydrogen-bond donors (Lipinski definition) is 2. The summed E-state index contributed by atoms with van der Waals surface area (Å²) in [6.45, 7) is 2.34. The Kier molecular flexibility index (Phi) is 2.84. The Morgan fingerprint density at radius 1 is 1.40 bits per heavy atom. The van der Waals surface area contributed by atoms with Gasteiger partial charge in [0.2, 0.25) is 0 Å². The molecule has 4 heteroatoms. The van der Waals surface area contributed by atoms with Crippen molar-refractivity contribution in [3.8, 4) is 0 Å². The van der Waals surface area contributed by atoms with Gasteiger partial charge in [0.1, 0.15) is 5.82 Å². The molecule has 1 fully saturated rings. The lowest BCUT2D eigenvalue weighted by Crippen LogP contribution is -2.34. The number of nitrogens with zero attached hydrogens (tertiary/aromatic N) is 2. The predicted octanol–water partition coefficient (Wildman–Crippen LogP) is 2.01. The summed E-state index contributed by atoms with van der Waals surface area (Å²) >= 11 is 0. The molecule has 2 rings (SSSR count). The van der Waals surface area contributed by atoms with Crippen molar-refractivity contribution in [3.05, 3.63) is 6.20 Å². The van der Waals surface area contributed by atoms with Crippen molar-refractivity contribution in [1.29, 1.82) is 0 Å². The summed E-state index contributed by atoms with van der Waals surface area (Å²) in [5.41, 5.74) is 6.85. The number of nitrogens with two attached hydrogens (primary N) is 1. The molecule has 1 aliphatic carbocycles. The summed E-state index contributed by atoms with van der Waals surface area (Å²) < 4.78 is 0. The molecule has 3 N–H and O–H groups in total. The second-order valence-electron chi connectivity index (χ2n) is 4.69. The summed E-state index contributed by atoms with van der Waals surface area (Å²) in [6, 6.07) is 0.626. The van der Waals surface area contributed by atoms with Crippen LogP contribution < -0.4 is 10.6 Å². The van der Waals surface area contributed by atoms with Crippen molar-refractivity contribution in [2.45, 2.75) is 38.6 Å². The molecule has 1 aromatic rings. The number of H-pyrrole nitrogens is 1. The zero-order valence-corrected chi connectivity index (χ0v) is 9.53. The third-order valence-corrected chi connectivity index (χ3v) is 3.56. The number of nitrogens with one attached hydrogen (secondary N) is 1. The fourth-order valence-corrected chi connectivity index (χ4v) is 2.40. The van der Waals surface area contributed by atoms with Gasteiger partial charge in [0, 0.05) is 13.1 Å². The van der Waals surface area contributed by atoms with Gasteiger partial charge in [0.25, 0.3) is 0 Å². The highest BCUT2D eigenvalue weighted by Crippen LogP contribution is 2.30. The highest BCUT2D eigenvalue weighted by atomic mass is 15.2. The normalized spacial score (nSPS) is 26.5. The third kappa shape index (κ3) is 2.08.